The summed E-state index contributed by atoms with van der Waals surface area (Å²) in [6, 6.07) is 5.00. The normalized spacial score (nSPS) is 11.4. The Balaban J connectivity index is 2.48. The van der Waals surface area contributed by atoms with Gasteiger partial charge in [-0.15, -0.1) is 0 Å². The molecule has 0 atom stereocenters. The number of aromatic nitrogens is 1. The average molecular weight is 326 g/mol. The highest BCUT2D eigenvalue weighted by Crippen LogP contribution is 2.27. The van der Waals surface area contributed by atoms with E-state index in [9.17, 15) is 8.42 Å². The van der Waals surface area contributed by atoms with Crippen LogP contribution in [-0.2, 0) is 10.0 Å². The summed E-state index contributed by atoms with van der Waals surface area (Å²) in [6.07, 6.45) is 1.38. The Kier molecular flexibility index (Phi) is 4.11. The molecule has 0 aliphatic carbocycles. The van der Waals surface area contributed by atoms with Crippen LogP contribution in [0.15, 0.2) is 29.3 Å². The minimum Gasteiger partial charge on any atom is -0.398 e. The lowest BCUT2D eigenvalue weighted by atomic mass is 10.1. The van der Waals surface area contributed by atoms with Gasteiger partial charge in [-0.25, -0.2) is 13.4 Å². The molecule has 0 radical (unpaired) electrons. The van der Waals surface area contributed by atoms with E-state index in [1.54, 1.807) is 39.0 Å². The summed E-state index contributed by atoms with van der Waals surface area (Å²) in [5.41, 5.74) is 8.45. The molecule has 21 heavy (non-hydrogen) atoms. The summed E-state index contributed by atoms with van der Waals surface area (Å²) in [7, 11) is -3.74. The number of nitrogens with one attached hydrogen (secondary N) is 1. The van der Waals surface area contributed by atoms with Crippen molar-refractivity contribution in [1.82, 2.24) is 4.98 Å². The highest BCUT2D eigenvalue weighted by molar-refractivity contribution is 7.92. The monoisotopic (exact) mass is 325 g/mol. The van der Waals surface area contributed by atoms with E-state index >= 15 is 0 Å². The molecule has 2 aromatic rings. The van der Waals surface area contributed by atoms with Crippen LogP contribution in [0.1, 0.15) is 16.7 Å². The summed E-state index contributed by atoms with van der Waals surface area (Å²) in [6.45, 7) is 5.17. The number of pyridine rings is 1. The number of rotatable bonds is 3. The maximum absolute atomic E-state index is 12.6. The van der Waals surface area contributed by atoms with E-state index in [1.807, 2.05) is 0 Å². The number of nitrogens with two attached hydrogens (primary N) is 1. The van der Waals surface area contributed by atoms with Crippen molar-refractivity contribution >= 4 is 33.0 Å². The van der Waals surface area contributed by atoms with Crippen molar-refractivity contribution in [1.29, 1.82) is 0 Å². The Morgan fingerprint density at radius 2 is 1.86 bits per heavy atom. The van der Waals surface area contributed by atoms with Crippen LogP contribution in [0.3, 0.4) is 0 Å². The molecule has 1 aromatic carbocycles. The van der Waals surface area contributed by atoms with Gasteiger partial charge in [-0.2, -0.15) is 0 Å². The number of benzene rings is 1. The van der Waals surface area contributed by atoms with E-state index < -0.39 is 10.0 Å². The fourth-order valence-electron chi connectivity index (χ4n) is 2.08. The first-order chi connectivity index (χ1) is 9.72. The topological polar surface area (TPSA) is 85.1 Å². The van der Waals surface area contributed by atoms with Crippen LogP contribution in [-0.4, -0.2) is 13.4 Å². The zero-order chi connectivity index (χ0) is 15.8. The lowest BCUT2D eigenvalue weighted by Crippen LogP contribution is -2.16. The Morgan fingerprint density at radius 1 is 1.19 bits per heavy atom. The second-order valence-electron chi connectivity index (χ2n) is 4.86. The maximum Gasteiger partial charge on any atom is 0.262 e. The van der Waals surface area contributed by atoms with Gasteiger partial charge in [0.15, 0.2) is 0 Å². The number of halogens is 1. The third-order valence-electron chi connectivity index (χ3n) is 3.18. The van der Waals surface area contributed by atoms with Crippen molar-refractivity contribution in [3.05, 3.63) is 46.2 Å². The summed E-state index contributed by atoms with van der Waals surface area (Å²) >= 11 is 5.84. The van der Waals surface area contributed by atoms with Gasteiger partial charge in [-0.1, -0.05) is 17.7 Å². The fourth-order valence-corrected chi connectivity index (χ4v) is 3.72. The fraction of sp³-hybridized carbons (Fsp3) is 0.214. The smallest absolute Gasteiger partial charge is 0.262 e. The van der Waals surface area contributed by atoms with Gasteiger partial charge in [0.25, 0.3) is 10.0 Å². The number of hydrogen-bond donors (Lipinski definition) is 2. The SMILES string of the molecule is Cc1cc(NS(=O)(=O)c2c(C)ccc(N)c2C)cnc1Cl. The summed E-state index contributed by atoms with van der Waals surface area (Å²) in [5, 5.41) is 0.342. The zero-order valence-electron chi connectivity index (χ0n) is 11.9. The van der Waals surface area contributed by atoms with Gasteiger partial charge in [-0.3, -0.25) is 4.72 Å². The molecule has 5 nitrogen and oxygen atoms in total. The lowest BCUT2D eigenvalue weighted by Gasteiger charge is -2.14. The van der Waals surface area contributed by atoms with E-state index in [-0.39, 0.29) is 4.90 Å². The van der Waals surface area contributed by atoms with Gasteiger partial charge in [-0.05, 0) is 49.6 Å². The van der Waals surface area contributed by atoms with Crippen molar-refractivity contribution in [2.75, 3.05) is 10.5 Å². The number of sulfonamides is 1. The van der Waals surface area contributed by atoms with E-state index in [0.717, 1.165) is 0 Å². The predicted molar refractivity (Wildman–Crippen MR) is 85.1 cm³/mol. The maximum atomic E-state index is 12.6. The number of aryl methyl sites for hydroxylation is 2. The van der Waals surface area contributed by atoms with Crippen molar-refractivity contribution in [2.24, 2.45) is 0 Å². The quantitative estimate of drug-likeness (QED) is 0.671. The van der Waals surface area contributed by atoms with Gasteiger partial charge < -0.3 is 5.73 Å². The highest BCUT2D eigenvalue weighted by atomic mass is 35.5. The predicted octanol–water partition coefficient (Wildman–Crippen LogP) is 3.04. The number of nitrogens with zero attached hydrogens (tertiary/aromatic N) is 1. The van der Waals surface area contributed by atoms with E-state index in [0.29, 0.717) is 33.2 Å². The van der Waals surface area contributed by atoms with E-state index in [1.165, 1.54) is 6.20 Å². The molecule has 112 valence electrons. The molecule has 0 amide bonds. The Morgan fingerprint density at radius 3 is 2.48 bits per heavy atom. The van der Waals surface area contributed by atoms with Crippen LogP contribution >= 0.6 is 11.6 Å². The van der Waals surface area contributed by atoms with Crippen LogP contribution in [0.5, 0.6) is 0 Å². The molecular formula is C14H16ClN3O2S. The van der Waals surface area contributed by atoms with Gasteiger partial charge in [0.1, 0.15) is 5.15 Å². The number of anilines is 2. The van der Waals surface area contributed by atoms with Gasteiger partial charge >= 0.3 is 0 Å². The molecule has 0 saturated carbocycles. The largest absolute Gasteiger partial charge is 0.398 e. The van der Waals surface area contributed by atoms with Crippen LogP contribution in [0.4, 0.5) is 11.4 Å². The molecular weight excluding hydrogens is 310 g/mol. The molecule has 0 aliphatic heterocycles. The molecule has 1 aromatic heterocycles. The second kappa shape index (κ2) is 5.54. The first-order valence-corrected chi connectivity index (χ1v) is 8.09. The second-order valence-corrected chi connectivity index (χ2v) is 6.84. The third-order valence-corrected chi connectivity index (χ3v) is 5.25. The van der Waals surface area contributed by atoms with Crippen molar-refractivity contribution in [2.45, 2.75) is 25.7 Å². The summed E-state index contributed by atoms with van der Waals surface area (Å²) in [4.78, 5) is 4.12. The molecule has 7 heteroatoms. The van der Waals surface area contributed by atoms with E-state index in [2.05, 4.69) is 9.71 Å². The Hall–Kier alpha value is -1.79. The van der Waals surface area contributed by atoms with Crippen molar-refractivity contribution < 1.29 is 8.42 Å². The highest BCUT2D eigenvalue weighted by Gasteiger charge is 2.21. The molecule has 1 heterocycles. The zero-order valence-corrected chi connectivity index (χ0v) is 13.5. The first kappa shape index (κ1) is 15.6. The molecule has 0 unspecified atom stereocenters. The minimum absolute atomic E-state index is 0.190. The number of hydrogen-bond acceptors (Lipinski definition) is 4. The first-order valence-electron chi connectivity index (χ1n) is 6.23. The molecule has 0 spiro atoms. The average Bonchev–Trinajstić information content (AvgIpc) is 2.38. The van der Waals surface area contributed by atoms with Crippen molar-refractivity contribution in [3.63, 3.8) is 0 Å². The minimum atomic E-state index is -3.74. The third kappa shape index (κ3) is 3.11. The van der Waals surface area contributed by atoms with Gasteiger partial charge in [0, 0.05) is 5.69 Å². The van der Waals surface area contributed by atoms with Gasteiger partial charge in [0.2, 0.25) is 0 Å². The number of nitrogen functional groups attached to an aromatic ring is 1. The van der Waals surface area contributed by atoms with E-state index in [4.69, 9.17) is 17.3 Å². The van der Waals surface area contributed by atoms with Crippen LogP contribution < -0.4 is 10.5 Å². The molecule has 0 fully saturated rings. The van der Waals surface area contributed by atoms with Crippen LogP contribution in [0.25, 0.3) is 0 Å². The lowest BCUT2D eigenvalue weighted by molar-refractivity contribution is 0.600. The molecule has 3 N–H and O–H groups in total. The van der Waals surface area contributed by atoms with Crippen molar-refractivity contribution in [3.8, 4) is 0 Å². The molecule has 0 saturated heterocycles. The van der Waals surface area contributed by atoms with Gasteiger partial charge in [0.05, 0.1) is 16.8 Å². The molecule has 0 bridgehead atoms. The Bertz CT molecular complexity index is 804. The summed E-state index contributed by atoms with van der Waals surface area (Å²) < 4.78 is 27.6. The molecule has 2 rings (SSSR count). The van der Waals surface area contributed by atoms with Crippen LogP contribution in [0.2, 0.25) is 5.15 Å². The standard InChI is InChI=1S/C14H16ClN3O2S/c1-8-4-5-12(16)10(3)13(8)21(19,20)18-11-6-9(2)14(15)17-7-11/h4-7,18H,16H2,1-3H3. The summed E-state index contributed by atoms with van der Waals surface area (Å²) in [5.74, 6) is 0. The molecule has 0 aliphatic rings. The Labute approximate surface area is 129 Å². The van der Waals surface area contributed by atoms with Crippen LogP contribution in [0, 0.1) is 20.8 Å².